The average molecular weight is 315 g/mol. The molecule has 2 aliphatic heterocycles. The minimum Gasteiger partial charge on any atom is -0.366 e. The van der Waals surface area contributed by atoms with Crippen LogP contribution < -0.4 is 5.73 Å². The van der Waals surface area contributed by atoms with Crippen LogP contribution in [-0.4, -0.2) is 46.8 Å². The molecular weight excluding hydrogens is 290 g/mol. The molecule has 124 valence electrons. The monoisotopic (exact) mass is 315 g/mol. The third-order valence-corrected chi connectivity index (χ3v) is 5.16. The summed E-state index contributed by atoms with van der Waals surface area (Å²) in [6.45, 7) is 4.43. The molecular formula is C18H25N3O2. The predicted octanol–water partition coefficient (Wildman–Crippen LogP) is 1.76. The molecule has 0 aromatic heterocycles. The highest BCUT2D eigenvalue weighted by Gasteiger charge is 2.38. The molecule has 0 spiro atoms. The topological polar surface area (TPSA) is 66.6 Å². The molecule has 2 heterocycles. The van der Waals surface area contributed by atoms with Crippen molar-refractivity contribution in [1.82, 2.24) is 9.80 Å². The van der Waals surface area contributed by atoms with Gasteiger partial charge in [0.15, 0.2) is 0 Å². The Bertz CT molecular complexity index is 602. The summed E-state index contributed by atoms with van der Waals surface area (Å²) in [7, 11) is 0. The van der Waals surface area contributed by atoms with Gasteiger partial charge in [0.2, 0.25) is 11.8 Å². The quantitative estimate of drug-likeness (QED) is 0.920. The first-order valence-corrected chi connectivity index (χ1v) is 8.46. The zero-order chi connectivity index (χ0) is 16.4. The molecule has 1 aromatic carbocycles. The predicted molar refractivity (Wildman–Crippen MR) is 88.8 cm³/mol. The van der Waals surface area contributed by atoms with Crippen LogP contribution in [0.15, 0.2) is 24.3 Å². The number of hydrogen-bond donors (Lipinski definition) is 1. The van der Waals surface area contributed by atoms with E-state index in [1.54, 1.807) is 13.0 Å². The smallest absolute Gasteiger partial charge is 0.248 e. The lowest BCUT2D eigenvalue weighted by atomic mass is 10.0. The van der Waals surface area contributed by atoms with E-state index < -0.39 is 0 Å². The van der Waals surface area contributed by atoms with E-state index in [0.29, 0.717) is 17.6 Å². The third-order valence-electron chi connectivity index (χ3n) is 5.16. The number of hydrogen-bond acceptors (Lipinski definition) is 3. The Labute approximate surface area is 137 Å². The van der Waals surface area contributed by atoms with Crippen LogP contribution in [0.3, 0.4) is 0 Å². The summed E-state index contributed by atoms with van der Waals surface area (Å²) >= 11 is 0. The van der Waals surface area contributed by atoms with E-state index >= 15 is 0 Å². The van der Waals surface area contributed by atoms with Gasteiger partial charge in [-0.1, -0.05) is 12.1 Å². The van der Waals surface area contributed by atoms with Crippen molar-refractivity contribution in [2.45, 2.75) is 51.2 Å². The molecule has 0 aliphatic carbocycles. The molecule has 5 heteroatoms. The number of amides is 2. The molecule has 0 radical (unpaired) electrons. The van der Waals surface area contributed by atoms with Crippen molar-refractivity contribution >= 4 is 11.8 Å². The largest absolute Gasteiger partial charge is 0.366 e. The summed E-state index contributed by atoms with van der Waals surface area (Å²) in [5.41, 5.74) is 7.04. The van der Waals surface area contributed by atoms with E-state index in [2.05, 4.69) is 4.90 Å². The van der Waals surface area contributed by atoms with Crippen LogP contribution in [0.2, 0.25) is 0 Å². The first-order chi connectivity index (χ1) is 11.1. The molecule has 3 rings (SSSR count). The molecule has 2 saturated heterocycles. The van der Waals surface area contributed by atoms with Crippen molar-refractivity contribution in [2.24, 2.45) is 5.73 Å². The molecule has 2 amide bonds. The number of nitrogens with two attached hydrogens (primary N) is 1. The zero-order valence-corrected chi connectivity index (χ0v) is 13.7. The maximum atomic E-state index is 11.9. The number of carbonyl (C=O) groups is 2. The molecule has 2 aliphatic rings. The fraction of sp³-hybridized carbons (Fsp3) is 0.556. The lowest BCUT2D eigenvalue weighted by molar-refractivity contribution is -0.130. The van der Waals surface area contributed by atoms with Crippen molar-refractivity contribution in [3.63, 3.8) is 0 Å². The Balaban J connectivity index is 1.73. The Hall–Kier alpha value is -1.88. The van der Waals surface area contributed by atoms with Crippen molar-refractivity contribution in [3.05, 3.63) is 35.4 Å². The SMILES string of the molecule is CC(=O)N1CCC[C@@H]1[C@@H]1CCCN1Cc1cccc(C(N)=O)c1. The molecule has 0 unspecified atom stereocenters. The molecule has 23 heavy (non-hydrogen) atoms. The maximum Gasteiger partial charge on any atom is 0.248 e. The lowest BCUT2D eigenvalue weighted by Gasteiger charge is -2.34. The molecule has 2 fully saturated rings. The van der Waals surface area contributed by atoms with Crippen molar-refractivity contribution in [3.8, 4) is 0 Å². The van der Waals surface area contributed by atoms with Gasteiger partial charge >= 0.3 is 0 Å². The van der Waals surface area contributed by atoms with Gasteiger partial charge in [-0.15, -0.1) is 0 Å². The van der Waals surface area contributed by atoms with Crippen LogP contribution in [0.1, 0.15) is 48.5 Å². The van der Waals surface area contributed by atoms with E-state index in [1.165, 1.54) is 6.42 Å². The third kappa shape index (κ3) is 3.39. The fourth-order valence-corrected chi connectivity index (χ4v) is 4.12. The van der Waals surface area contributed by atoms with Crippen molar-refractivity contribution in [1.29, 1.82) is 0 Å². The summed E-state index contributed by atoms with van der Waals surface area (Å²) in [6, 6.07) is 8.33. The highest BCUT2D eigenvalue weighted by molar-refractivity contribution is 5.92. The van der Waals surface area contributed by atoms with Crippen LogP contribution in [0, 0.1) is 0 Å². The van der Waals surface area contributed by atoms with Gasteiger partial charge in [-0.3, -0.25) is 14.5 Å². The lowest BCUT2D eigenvalue weighted by Crippen LogP contribution is -2.47. The van der Waals surface area contributed by atoms with Gasteiger partial charge in [0.25, 0.3) is 0 Å². The van der Waals surface area contributed by atoms with Crippen LogP contribution in [0.4, 0.5) is 0 Å². The first kappa shape index (κ1) is 16.0. The van der Waals surface area contributed by atoms with Crippen LogP contribution in [0.5, 0.6) is 0 Å². The molecule has 5 nitrogen and oxygen atoms in total. The zero-order valence-electron chi connectivity index (χ0n) is 13.7. The second kappa shape index (κ2) is 6.71. The average Bonchev–Trinajstić information content (AvgIpc) is 3.15. The molecule has 1 aromatic rings. The van der Waals surface area contributed by atoms with Crippen molar-refractivity contribution in [2.75, 3.05) is 13.1 Å². The summed E-state index contributed by atoms with van der Waals surface area (Å²) < 4.78 is 0. The van der Waals surface area contributed by atoms with Gasteiger partial charge in [0.05, 0.1) is 0 Å². The number of carbonyl (C=O) groups excluding carboxylic acids is 2. The number of benzene rings is 1. The molecule has 0 saturated carbocycles. The van der Waals surface area contributed by atoms with Crippen LogP contribution >= 0.6 is 0 Å². The number of nitrogens with zero attached hydrogens (tertiary/aromatic N) is 2. The van der Waals surface area contributed by atoms with E-state index in [9.17, 15) is 9.59 Å². The summed E-state index contributed by atoms with van der Waals surface area (Å²) in [4.78, 5) is 27.7. The second-order valence-corrected chi connectivity index (χ2v) is 6.67. The Morgan fingerprint density at radius 3 is 2.65 bits per heavy atom. The minimum atomic E-state index is -0.386. The molecule has 2 atom stereocenters. The number of likely N-dealkylation sites (tertiary alicyclic amines) is 2. The van der Waals surface area contributed by atoms with Gasteiger partial charge in [-0.2, -0.15) is 0 Å². The van der Waals surface area contributed by atoms with Gasteiger partial charge in [0.1, 0.15) is 0 Å². The Kier molecular flexibility index (Phi) is 4.66. The summed E-state index contributed by atoms with van der Waals surface area (Å²) in [6.07, 6.45) is 4.51. The highest BCUT2D eigenvalue weighted by atomic mass is 16.2. The maximum absolute atomic E-state index is 11.9. The van der Waals surface area contributed by atoms with Crippen LogP contribution in [0.25, 0.3) is 0 Å². The van der Waals surface area contributed by atoms with Gasteiger partial charge in [-0.05, 0) is 49.9 Å². The first-order valence-electron chi connectivity index (χ1n) is 8.46. The van der Waals surface area contributed by atoms with Gasteiger partial charge in [-0.25, -0.2) is 0 Å². The van der Waals surface area contributed by atoms with Crippen LogP contribution in [-0.2, 0) is 11.3 Å². The standard InChI is InChI=1S/C18H25N3O2/c1-13(22)21-10-4-8-17(21)16-7-3-9-20(16)12-14-5-2-6-15(11-14)18(19)23/h2,5-6,11,16-17H,3-4,7-10,12H2,1H3,(H2,19,23)/t16-,17+/m0/s1. The number of primary amides is 1. The normalized spacial score (nSPS) is 25.0. The molecule has 0 bridgehead atoms. The van der Waals surface area contributed by atoms with E-state index in [4.69, 9.17) is 5.73 Å². The highest BCUT2D eigenvalue weighted by Crippen LogP contribution is 2.31. The van der Waals surface area contributed by atoms with E-state index in [-0.39, 0.29) is 11.8 Å². The van der Waals surface area contributed by atoms with Gasteiger partial charge in [0, 0.05) is 37.7 Å². The fourth-order valence-electron chi connectivity index (χ4n) is 4.12. The Morgan fingerprint density at radius 1 is 1.17 bits per heavy atom. The van der Waals surface area contributed by atoms with E-state index in [0.717, 1.165) is 44.5 Å². The van der Waals surface area contributed by atoms with Gasteiger partial charge < -0.3 is 10.6 Å². The summed E-state index contributed by atoms with van der Waals surface area (Å²) in [5.74, 6) is -0.196. The molecule has 2 N–H and O–H groups in total. The minimum absolute atomic E-state index is 0.190. The summed E-state index contributed by atoms with van der Waals surface area (Å²) in [5, 5.41) is 0. The van der Waals surface area contributed by atoms with Crippen molar-refractivity contribution < 1.29 is 9.59 Å². The Morgan fingerprint density at radius 2 is 1.91 bits per heavy atom. The van der Waals surface area contributed by atoms with E-state index in [1.807, 2.05) is 23.1 Å². The number of rotatable bonds is 4. The second-order valence-electron chi connectivity index (χ2n) is 6.67.